The van der Waals surface area contributed by atoms with Crippen LogP contribution in [-0.4, -0.2) is 34.1 Å². The zero-order valence-corrected chi connectivity index (χ0v) is 16.5. The summed E-state index contributed by atoms with van der Waals surface area (Å²) < 4.78 is 5.25. The summed E-state index contributed by atoms with van der Waals surface area (Å²) in [6.07, 6.45) is 6.06. The first-order valence-corrected chi connectivity index (χ1v) is 9.71. The summed E-state index contributed by atoms with van der Waals surface area (Å²) in [4.78, 5) is 23.2. The van der Waals surface area contributed by atoms with E-state index in [2.05, 4.69) is 25.3 Å². The van der Waals surface area contributed by atoms with Crippen molar-refractivity contribution < 1.29 is 9.32 Å². The molecular formula is C20H29N5O2. The van der Waals surface area contributed by atoms with E-state index < -0.39 is 0 Å². The Morgan fingerprint density at radius 2 is 2.04 bits per heavy atom. The maximum Gasteiger partial charge on any atom is 0.226 e. The number of aryl methyl sites for hydroxylation is 1. The normalized spacial score (nSPS) is 14.6. The van der Waals surface area contributed by atoms with Gasteiger partial charge in [-0.15, -0.1) is 0 Å². The van der Waals surface area contributed by atoms with Gasteiger partial charge in [0, 0.05) is 44.1 Å². The molecule has 1 aliphatic rings. The molecule has 1 saturated heterocycles. The molecule has 0 spiro atoms. The van der Waals surface area contributed by atoms with Crippen molar-refractivity contribution in [1.29, 1.82) is 0 Å². The van der Waals surface area contributed by atoms with Crippen LogP contribution in [0, 0.1) is 0 Å². The zero-order chi connectivity index (χ0) is 19.3. The maximum absolute atomic E-state index is 12.0. The largest absolute Gasteiger partial charge is 0.357 e. The average molecular weight is 371 g/mol. The van der Waals surface area contributed by atoms with Crippen molar-refractivity contribution in [2.24, 2.45) is 0 Å². The highest BCUT2D eigenvalue weighted by atomic mass is 16.5. The molecule has 0 unspecified atom stereocenters. The van der Waals surface area contributed by atoms with E-state index >= 15 is 0 Å². The lowest BCUT2D eigenvalue weighted by Crippen LogP contribution is -2.23. The van der Waals surface area contributed by atoms with Gasteiger partial charge in [-0.05, 0) is 30.9 Å². The van der Waals surface area contributed by atoms with Crippen LogP contribution in [0.5, 0.6) is 0 Å². The Balaban J connectivity index is 1.37. The topological polar surface area (TPSA) is 84.2 Å². The highest BCUT2D eigenvalue weighted by Crippen LogP contribution is 2.19. The summed E-state index contributed by atoms with van der Waals surface area (Å²) in [6.45, 7) is 8.80. The first-order chi connectivity index (χ1) is 12.9. The van der Waals surface area contributed by atoms with E-state index in [4.69, 9.17) is 4.52 Å². The first-order valence-electron chi connectivity index (χ1n) is 9.71. The van der Waals surface area contributed by atoms with E-state index in [1.165, 1.54) is 12.8 Å². The molecule has 1 amide bonds. The van der Waals surface area contributed by atoms with Crippen LogP contribution in [-0.2, 0) is 23.2 Å². The van der Waals surface area contributed by atoms with E-state index in [0.29, 0.717) is 37.5 Å². The van der Waals surface area contributed by atoms with Crippen LogP contribution in [0.15, 0.2) is 22.9 Å². The molecule has 1 aliphatic heterocycles. The van der Waals surface area contributed by atoms with Gasteiger partial charge in [-0.2, -0.15) is 4.98 Å². The Morgan fingerprint density at radius 1 is 1.26 bits per heavy atom. The van der Waals surface area contributed by atoms with Crippen LogP contribution in [0.1, 0.15) is 63.7 Å². The van der Waals surface area contributed by atoms with E-state index in [1.54, 1.807) is 0 Å². The van der Waals surface area contributed by atoms with Gasteiger partial charge in [-0.25, -0.2) is 4.98 Å². The molecule has 0 radical (unpaired) electrons. The molecule has 2 aromatic rings. The maximum atomic E-state index is 12.0. The highest BCUT2D eigenvalue weighted by molar-refractivity contribution is 5.75. The third-order valence-corrected chi connectivity index (χ3v) is 4.66. The monoisotopic (exact) mass is 371 g/mol. The van der Waals surface area contributed by atoms with Gasteiger partial charge in [0.2, 0.25) is 11.8 Å². The van der Waals surface area contributed by atoms with Crippen LogP contribution >= 0.6 is 0 Å². The van der Waals surface area contributed by atoms with Crippen molar-refractivity contribution in [2.45, 2.75) is 64.8 Å². The average Bonchev–Trinajstić information content (AvgIpc) is 3.32. The SMILES string of the molecule is CC(C)(C)c1noc(CCCC(=O)NCc2ccc(N3CCCC3)nc2)n1. The predicted octanol–water partition coefficient (Wildman–Crippen LogP) is 3.00. The standard InChI is InChI=1S/C20H29N5O2/c1-20(2,3)19-23-18(27-24-19)8-6-7-17(26)22-14-15-9-10-16(21-13-15)25-11-4-5-12-25/h9-10,13H,4-8,11-12,14H2,1-3H3,(H,22,26). The summed E-state index contributed by atoms with van der Waals surface area (Å²) in [5, 5.41) is 6.94. The Bertz CT molecular complexity index is 742. The van der Waals surface area contributed by atoms with E-state index in [1.807, 2.05) is 39.1 Å². The van der Waals surface area contributed by atoms with Gasteiger partial charge >= 0.3 is 0 Å². The Morgan fingerprint density at radius 3 is 2.67 bits per heavy atom. The van der Waals surface area contributed by atoms with Crippen molar-refractivity contribution in [3.63, 3.8) is 0 Å². The third kappa shape index (κ3) is 5.52. The minimum absolute atomic E-state index is 0.0224. The number of carbonyl (C=O) groups excluding carboxylic acids is 1. The quantitative estimate of drug-likeness (QED) is 0.805. The van der Waals surface area contributed by atoms with Crippen molar-refractivity contribution in [3.05, 3.63) is 35.6 Å². The second kappa shape index (κ2) is 8.50. The molecule has 2 aromatic heterocycles. The summed E-state index contributed by atoms with van der Waals surface area (Å²) in [6, 6.07) is 4.07. The predicted molar refractivity (Wildman–Crippen MR) is 103 cm³/mol. The number of anilines is 1. The fraction of sp³-hybridized carbons (Fsp3) is 0.600. The van der Waals surface area contributed by atoms with Gasteiger partial charge in [0.1, 0.15) is 5.82 Å². The van der Waals surface area contributed by atoms with Crippen LogP contribution in [0.3, 0.4) is 0 Å². The molecule has 1 fully saturated rings. The number of hydrogen-bond acceptors (Lipinski definition) is 6. The molecule has 0 saturated carbocycles. The van der Waals surface area contributed by atoms with Gasteiger partial charge < -0.3 is 14.7 Å². The second-order valence-electron chi connectivity index (χ2n) is 8.11. The molecule has 27 heavy (non-hydrogen) atoms. The van der Waals surface area contributed by atoms with Crippen LogP contribution < -0.4 is 10.2 Å². The molecular weight excluding hydrogens is 342 g/mol. The van der Waals surface area contributed by atoms with Gasteiger partial charge in [0.05, 0.1) is 0 Å². The fourth-order valence-electron chi connectivity index (χ4n) is 3.00. The molecule has 0 atom stereocenters. The van der Waals surface area contributed by atoms with Gasteiger partial charge in [0.25, 0.3) is 0 Å². The number of nitrogens with zero attached hydrogens (tertiary/aromatic N) is 4. The number of rotatable bonds is 7. The van der Waals surface area contributed by atoms with Crippen molar-refractivity contribution in [3.8, 4) is 0 Å². The van der Waals surface area contributed by atoms with E-state index in [9.17, 15) is 4.79 Å². The molecule has 0 bridgehead atoms. The fourth-order valence-corrected chi connectivity index (χ4v) is 3.00. The van der Waals surface area contributed by atoms with E-state index in [-0.39, 0.29) is 11.3 Å². The first kappa shape index (κ1) is 19.3. The van der Waals surface area contributed by atoms with Gasteiger partial charge in [0.15, 0.2) is 5.82 Å². The second-order valence-corrected chi connectivity index (χ2v) is 8.11. The lowest BCUT2D eigenvalue weighted by molar-refractivity contribution is -0.121. The summed E-state index contributed by atoms with van der Waals surface area (Å²) >= 11 is 0. The molecule has 146 valence electrons. The van der Waals surface area contributed by atoms with E-state index in [0.717, 1.165) is 24.5 Å². The molecule has 0 aromatic carbocycles. The highest BCUT2D eigenvalue weighted by Gasteiger charge is 2.20. The number of hydrogen-bond donors (Lipinski definition) is 1. The molecule has 7 nitrogen and oxygen atoms in total. The number of carbonyl (C=O) groups is 1. The van der Waals surface area contributed by atoms with Gasteiger partial charge in [-0.1, -0.05) is 32.0 Å². The van der Waals surface area contributed by atoms with Gasteiger partial charge in [-0.3, -0.25) is 4.79 Å². The van der Waals surface area contributed by atoms with Crippen LogP contribution in [0.25, 0.3) is 0 Å². The Kier molecular flexibility index (Phi) is 6.08. The minimum atomic E-state index is -0.127. The summed E-state index contributed by atoms with van der Waals surface area (Å²) in [5.74, 6) is 2.34. The van der Waals surface area contributed by atoms with Crippen molar-refractivity contribution in [1.82, 2.24) is 20.4 Å². The molecule has 3 rings (SSSR count). The Labute approximate surface area is 160 Å². The number of aromatic nitrogens is 3. The van der Waals surface area contributed by atoms with Crippen LogP contribution in [0.4, 0.5) is 5.82 Å². The van der Waals surface area contributed by atoms with Crippen LogP contribution in [0.2, 0.25) is 0 Å². The third-order valence-electron chi connectivity index (χ3n) is 4.66. The molecule has 0 aliphatic carbocycles. The Hall–Kier alpha value is -2.44. The lowest BCUT2D eigenvalue weighted by atomic mass is 9.96. The zero-order valence-electron chi connectivity index (χ0n) is 16.5. The minimum Gasteiger partial charge on any atom is -0.357 e. The molecule has 7 heteroatoms. The molecule has 1 N–H and O–H groups in total. The van der Waals surface area contributed by atoms with Crippen molar-refractivity contribution in [2.75, 3.05) is 18.0 Å². The smallest absolute Gasteiger partial charge is 0.226 e. The summed E-state index contributed by atoms with van der Waals surface area (Å²) in [5.41, 5.74) is 0.885. The number of pyridine rings is 1. The summed E-state index contributed by atoms with van der Waals surface area (Å²) in [7, 11) is 0. The lowest BCUT2D eigenvalue weighted by Gasteiger charge is -2.16. The number of amides is 1. The molecule has 3 heterocycles. The van der Waals surface area contributed by atoms with Crippen molar-refractivity contribution >= 4 is 11.7 Å². The number of nitrogens with one attached hydrogen (secondary N) is 1.